The standard InChI is InChI=1S/C19H26N2O3/c1-11(17(22)20-14-5-3-2-4-6-14)21-18(23)15-12-7-8-13(10-9-12)16(15)19(21)24/h7-8,11-16H,2-6,9-10H2,1H3,(H,20,22)/t11-,12+,13+,15+,16+/m1/s1. The number of rotatable bonds is 3. The van der Waals surface area contributed by atoms with E-state index >= 15 is 0 Å². The van der Waals surface area contributed by atoms with Gasteiger partial charge in [-0.3, -0.25) is 19.3 Å². The molecule has 2 saturated carbocycles. The monoisotopic (exact) mass is 330 g/mol. The van der Waals surface area contributed by atoms with E-state index in [-0.39, 0.29) is 47.4 Å². The first kappa shape index (κ1) is 15.9. The van der Waals surface area contributed by atoms with Crippen LogP contribution in [0.2, 0.25) is 0 Å². The molecule has 5 heteroatoms. The van der Waals surface area contributed by atoms with Gasteiger partial charge in [0, 0.05) is 6.04 Å². The third-order valence-electron chi connectivity index (χ3n) is 6.51. The van der Waals surface area contributed by atoms with Crippen molar-refractivity contribution in [1.82, 2.24) is 10.2 Å². The van der Waals surface area contributed by atoms with Crippen LogP contribution in [-0.2, 0) is 14.4 Å². The molecule has 0 aromatic carbocycles. The molecule has 1 N–H and O–H groups in total. The van der Waals surface area contributed by atoms with Gasteiger partial charge >= 0.3 is 0 Å². The largest absolute Gasteiger partial charge is 0.352 e. The Morgan fingerprint density at radius 1 is 1.00 bits per heavy atom. The van der Waals surface area contributed by atoms with Crippen molar-refractivity contribution in [3.8, 4) is 0 Å². The Labute approximate surface area is 142 Å². The first-order chi connectivity index (χ1) is 11.6. The number of amides is 3. The molecule has 24 heavy (non-hydrogen) atoms. The van der Waals surface area contributed by atoms with E-state index in [0.29, 0.717) is 0 Å². The van der Waals surface area contributed by atoms with E-state index in [4.69, 9.17) is 0 Å². The zero-order valence-corrected chi connectivity index (χ0v) is 14.2. The van der Waals surface area contributed by atoms with E-state index in [0.717, 1.165) is 38.5 Å². The van der Waals surface area contributed by atoms with Gasteiger partial charge in [-0.2, -0.15) is 0 Å². The number of hydrogen-bond donors (Lipinski definition) is 1. The van der Waals surface area contributed by atoms with Crippen LogP contribution in [0.1, 0.15) is 51.9 Å². The molecule has 5 rings (SSSR count). The predicted molar refractivity (Wildman–Crippen MR) is 88.7 cm³/mol. The van der Waals surface area contributed by atoms with Gasteiger partial charge in [0.1, 0.15) is 6.04 Å². The van der Waals surface area contributed by atoms with E-state index in [2.05, 4.69) is 17.5 Å². The molecule has 0 spiro atoms. The predicted octanol–water partition coefficient (Wildman–Crippen LogP) is 2.02. The van der Waals surface area contributed by atoms with Crippen LogP contribution in [0, 0.1) is 23.7 Å². The molecular formula is C19H26N2O3. The Balaban J connectivity index is 1.48. The van der Waals surface area contributed by atoms with E-state index < -0.39 is 6.04 Å². The summed E-state index contributed by atoms with van der Waals surface area (Å²) in [5.74, 6) is -0.546. The van der Waals surface area contributed by atoms with Gasteiger partial charge in [-0.1, -0.05) is 31.4 Å². The quantitative estimate of drug-likeness (QED) is 0.636. The van der Waals surface area contributed by atoms with Gasteiger partial charge in [0.2, 0.25) is 17.7 Å². The van der Waals surface area contributed by atoms with Crippen molar-refractivity contribution in [2.75, 3.05) is 0 Å². The number of hydrogen-bond acceptors (Lipinski definition) is 3. The molecule has 3 amide bonds. The molecule has 2 bridgehead atoms. The van der Waals surface area contributed by atoms with E-state index in [1.165, 1.54) is 11.3 Å². The Hall–Kier alpha value is -1.65. The summed E-state index contributed by atoms with van der Waals surface area (Å²) in [6, 6.07) is -0.501. The van der Waals surface area contributed by atoms with Crippen LogP contribution in [0.25, 0.3) is 0 Å². The highest BCUT2D eigenvalue weighted by Crippen LogP contribution is 2.49. The van der Waals surface area contributed by atoms with Gasteiger partial charge in [0.25, 0.3) is 0 Å². The van der Waals surface area contributed by atoms with Crippen molar-refractivity contribution in [1.29, 1.82) is 0 Å². The molecule has 5 atom stereocenters. The third kappa shape index (κ3) is 2.40. The molecule has 1 aliphatic heterocycles. The average Bonchev–Trinajstić information content (AvgIpc) is 2.89. The van der Waals surface area contributed by atoms with Gasteiger partial charge in [0.15, 0.2) is 0 Å². The molecule has 0 unspecified atom stereocenters. The molecule has 4 aliphatic carbocycles. The minimum absolute atomic E-state index is 0.129. The van der Waals surface area contributed by atoms with Crippen LogP contribution < -0.4 is 5.32 Å². The highest BCUT2D eigenvalue weighted by Gasteiger charge is 2.58. The summed E-state index contributed by atoms with van der Waals surface area (Å²) >= 11 is 0. The summed E-state index contributed by atoms with van der Waals surface area (Å²) < 4.78 is 0. The maximum absolute atomic E-state index is 12.9. The van der Waals surface area contributed by atoms with Gasteiger partial charge in [-0.15, -0.1) is 0 Å². The number of nitrogens with zero attached hydrogens (tertiary/aromatic N) is 1. The van der Waals surface area contributed by atoms with E-state index in [1.807, 2.05) is 0 Å². The van der Waals surface area contributed by atoms with Gasteiger partial charge < -0.3 is 5.32 Å². The normalized spacial score (nSPS) is 36.8. The number of fused-ring (bicyclic) bond motifs is 1. The molecule has 5 aliphatic rings. The molecule has 5 nitrogen and oxygen atoms in total. The van der Waals surface area contributed by atoms with E-state index in [1.54, 1.807) is 6.92 Å². The van der Waals surface area contributed by atoms with Crippen molar-refractivity contribution in [2.45, 2.75) is 64.0 Å². The number of imide groups is 1. The van der Waals surface area contributed by atoms with Crippen LogP contribution in [0.3, 0.4) is 0 Å². The van der Waals surface area contributed by atoms with Gasteiger partial charge in [0.05, 0.1) is 11.8 Å². The molecule has 0 radical (unpaired) electrons. The maximum atomic E-state index is 12.9. The summed E-state index contributed by atoms with van der Waals surface area (Å²) in [5.41, 5.74) is 0. The van der Waals surface area contributed by atoms with Crippen LogP contribution in [0.4, 0.5) is 0 Å². The first-order valence-electron chi connectivity index (χ1n) is 9.43. The minimum atomic E-state index is -0.697. The summed E-state index contributed by atoms with van der Waals surface area (Å²) in [4.78, 5) is 39.6. The zero-order chi connectivity index (χ0) is 16.8. The van der Waals surface area contributed by atoms with Crippen molar-refractivity contribution < 1.29 is 14.4 Å². The highest BCUT2D eigenvalue weighted by molar-refractivity contribution is 6.09. The third-order valence-corrected chi connectivity index (χ3v) is 6.51. The fourth-order valence-electron chi connectivity index (χ4n) is 5.16. The number of carbonyl (C=O) groups is 3. The molecule has 130 valence electrons. The van der Waals surface area contributed by atoms with E-state index in [9.17, 15) is 14.4 Å². The number of allylic oxidation sites excluding steroid dienone is 2. The lowest BCUT2D eigenvalue weighted by Crippen LogP contribution is -2.51. The molecule has 0 aromatic rings. The van der Waals surface area contributed by atoms with Crippen LogP contribution in [0.15, 0.2) is 12.2 Å². The lowest BCUT2D eigenvalue weighted by Gasteiger charge is -2.38. The molecule has 1 saturated heterocycles. The topological polar surface area (TPSA) is 66.5 Å². The van der Waals surface area contributed by atoms with Gasteiger partial charge in [-0.25, -0.2) is 0 Å². The average molecular weight is 330 g/mol. The molecule has 0 aromatic heterocycles. The maximum Gasteiger partial charge on any atom is 0.243 e. The van der Waals surface area contributed by atoms with Crippen molar-refractivity contribution in [3.05, 3.63) is 12.2 Å². The second-order valence-electron chi connectivity index (χ2n) is 7.91. The number of carbonyl (C=O) groups excluding carboxylic acids is 3. The summed E-state index contributed by atoms with van der Waals surface area (Å²) in [5, 5.41) is 3.06. The number of likely N-dealkylation sites (tertiary alicyclic amines) is 1. The Morgan fingerprint density at radius 3 is 2.04 bits per heavy atom. The fraction of sp³-hybridized carbons (Fsp3) is 0.737. The lowest BCUT2D eigenvalue weighted by atomic mass is 9.63. The Kier molecular flexibility index (Phi) is 3.97. The number of nitrogens with one attached hydrogen (secondary N) is 1. The fourth-order valence-corrected chi connectivity index (χ4v) is 5.16. The van der Waals surface area contributed by atoms with Crippen LogP contribution in [-0.4, -0.2) is 34.7 Å². The van der Waals surface area contributed by atoms with Gasteiger partial charge in [-0.05, 0) is 44.4 Å². The summed E-state index contributed by atoms with van der Waals surface area (Å²) in [6.45, 7) is 1.70. The minimum Gasteiger partial charge on any atom is -0.352 e. The lowest BCUT2D eigenvalue weighted by molar-refractivity contribution is -0.147. The Bertz CT molecular complexity index is 561. The summed E-state index contributed by atoms with van der Waals surface area (Å²) in [7, 11) is 0. The Morgan fingerprint density at radius 2 is 1.54 bits per heavy atom. The zero-order valence-electron chi connectivity index (χ0n) is 14.2. The first-order valence-corrected chi connectivity index (χ1v) is 9.43. The highest BCUT2D eigenvalue weighted by atomic mass is 16.2. The smallest absolute Gasteiger partial charge is 0.243 e. The van der Waals surface area contributed by atoms with Crippen LogP contribution in [0.5, 0.6) is 0 Å². The second kappa shape index (κ2) is 6.01. The van der Waals surface area contributed by atoms with Crippen molar-refractivity contribution in [3.63, 3.8) is 0 Å². The summed E-state index contributed by atoms with van der Waals surface area (Å²) in [6.07, 6.45) is 11.7. The molecular weight excluding hydrogens is 304 g/mol. The van der Waals surface area contributed by atoms with Crippen molar-refractivity contribution in [2.24, 2.45) is 23.7 Å². The van der Waals surface area contributed by atoms with Crippen molar-refractivity contribution >= 4 is 17.7 Å². The SMILES string of the molecule is C[C@H](C(=O)NC1CCCCC1)N1C(=O)[C@@H]2[C@@H](C1=O)[C@H]1C=C[C@H]2CC1. The van der Waals surface area contributed by atoms with Crippen LogP contribution >= 0.6 is 0 Å². The molecule has 3 fully saturated rings. The molecule has 1 heterocycles. The second-order valence-corrected chi connectivity index (χ2v) is 7.91.